The highest BCUT2D eigenvalue weighted by atomic mass is 16.5. The lowest BCUT2D eigenvalue weighted by molar-refractivity contribution is 0.340. The van der Waals surface area contributed by atoms with Crippen molar-refractivity contribution in [1.82, 2.24) is 5.16 Å². The summed E-state index contributed by atoms with van der Waals surface area (Å²) in [7, 11) is 0. The average Bonchev–Trinajstić information content (AvgIpc) is 2.82. The normalized spacial score (nSPS) is 12.3. The van der Waals surface area contributed by atoms with Gasteiger partial charge in [0.1, 0.15) is 5.75 Å². The molecule has 2 rings (SSSR count). The van der Waals surface area contributed by atoms with Gasteiger partial charge in [0.05, 0.1) is 17.9 Å². The molecule has 2 aromatic rings. The van der Waals surface area contributed by atoms with Crippen LogP contribution in [0.15, 0.2) is 28.8 Å². The van der Waals surface area contributed by atoms with Crippen LogP contribution in [0.5, 0.6) is 5.75 Å². The topological polar surface area (TPSA) is 61.3 Å². The number of hydrogen-bond acceptors (Lipinski definition) is 4. The predicted octanol–water partition coefficient (Wildman–Crippen LogP) is 4.23. The average molecular weight is 274 g/mol. The van der Waals surface area contributed by atoms with Gasteiger partial charge in [0.15, 0.2) is 0 Å². The van der Waals surface area contributed by atoms with Crippen molar-refractivity contribution < 1.29 is 9.26 Å². The summed E-state index contributed by atoms with van der Waals surface area (Å²) in [5.41, 5.74) is 8.81. The van der Waals surface area contributed by atoms with Crippen LogP contribution in [-0.4, -0.2) is 11.8 Å². The van der Waals surface area contributed by atoms with E-state index in [-0.39, 0.29) is 0 Å². The van der Waals surface area contributed by atoms with Crippen molar-refractivity contribution in [3.8, 4) is 16.9 Å². The summed E-state index contributed by atoms with van der Waals surface area (Å²) >= 11 is 0. The Morgan fingerprint density at radius 1 is 1.25 bits per heavy atom. The second-order valence-corrected chi connectivity index (χ2v) is 4.95. The third-order valence-electron chi connectivity index (χ3n) is 3.39. The summed E-state index contributed by atoms with van der Waals surface area (Å²) in [6, 6.07) is 7.88. The Morgan fingerprint density at radius 3 is 2.55 bits per heavy atom. The Kier molecular flexibility index (Phi) is 4.66. The van der Waals surface area contributed by atoms with Gasteiger partial charge < -0.3 is 15.0 Å². The van der Waals surface area contributed by atoms with Crippen molar-refractivity contribution in [1.29, 1.82) is 0 Å². The molecule has 4 heteroatoms. The van der Waals surface area contributed by atoms with Crippen LogP contribution in [0.1, 0.15) is 45.2 Å². The maximum atomic E-state index is 5.94. The molecule has 0 bridgehead atoms. The van der Waals surface area contributed by atoms with Crippen molar-refractivity contribution >= 4 is 5.88 Å². The molecular formula is C16H22N2O2. The fraction of sp³-hybridized carbons (Fsp3) is 0.438. The molecule has 0 radical (unpaired) electrons. The molecule has 108 valence electrons. The third kappa shape index (κ3) is 2.95. The number of aromatic nitrogens is 1. The number of rotatable bonds is 6. The Balaban J connectivity index is 2.34. The minimum atomic E-state index is 0.336. The van der Waals surface area contributed by atoms with E-state index in [9.17, 15) is 0 Å². The summed E-state index contributed by atoms with van der Waals surface area (Å²) in [5, 5.41) is 4.14. The highest BCUT2D eigenvalue weighted by Crippen LogP contribution is 2.36. The van der Waals surface area contributed by atoms with Crippen LogP contribution in [0.4, 0.5) is 5.88 Å². The number of nitrogens with two attached hydrogens (primary N) is 1. The minimum absolute atomic E-state index is 0.336. The van der Waals surface area contributed by atoms with Crippen LogP contribution in [0.2, 0.25) is 0 Å². The summed E-state index contributed by atoms with van der Waals surface area (Å²) < 4.78 is 10.6. The van der Waals surface area contributed by atoms with Crippen LogP contribution >= 0.6 is 0 Å². The highest BCUT2D eigenvalue weighted by Gasteiger charge is 2.20. The number of benzene rings is 1. The molecule has 0 saturated heterocycles. The molecule has 1 aromatic carbocycles. The van der Waals surface area contributed by atoms with Gasteiger partial charge in [0.2, 0.25) is 5.88 Å². The van der Waals surface area contributed by atoms with Gasteiger partial charge in [-0.15, -0.1) is 0 Å². The second-order valence-electron chi connectivity index (χ2n) is 4.95. The molecule has 0 aliphatic carbocycles. The summed E-state index contributed by atoms with van der Waals surface area (Å²) in [5.74, 6) is 1.57. The third-order valence-corrected chi connectivity index (χ3v) is 3.39. The van der Waals surface area contributed by atoms with Crippen molar-refractivity contribution in [3.05, 3.63) is 30.0 Å². The second kappa shape index (κ2) is 6.46. The van der Waals surface area contributed by atoms with E-state index in [4.69, 9.17) is 15.0 Å². The first-order chi connectivity index (χ1) is 9.67. The predicted molar refractivity (Wildman–Crippen MR) is 80.8 cm³/mol. The van der Waals surface area contributed by atoms with Crippen LogP contribution in [0.25, 0.3) is 11.1 Å². The van der Waals surface area contributed by atoms with Gasteiger partial charge in [-0.05, 0) is 31.0 Å². The quantitative estimate of drug-likeness (QED) is 0.856. The Hall–Kier alpha value is -1.97. The zero-order valence-electron chi connectivity index (χ0n) is 12.3. The molecule has 0 spiro atoms. The number of nitrogen functional groups attached to an aromatic ring is 1. The molecule has 4 nitrogen and oxygen atoms in total. The Morgan fingerprint density at radius 2 is 1.95 bits per heavy atom. The summed E-state index contributed by atoms with van der Waals surface area (Å²) in [6.07, 6.45) is 2.17. The monoisotopic (exact) mass is 274 g/mol. The lowest BCUT2D eigenvalue weighted by atomic mass is 9.95. The van der Waals surface area contributed by atoms with E-state index in [1.807, 2.05) is 31.2 Å². The first kappa shape index (κ1) is 14.4. The fourth-order valence-corrected chi connectivity index (χ4v) is 2.40. The fourth-order valence-electron chi connectivity index (χ4n) is 2.40. The maximum absolute atomic E-state index is 5.94. The van der Waals surface area contributed by atoms with E-state index in [2.05, 4.69) is 19.0 Å². The van der Waals surface area contributed by atoms with E-state index in [1.165, 1.54) is 0 Å². The molecule has 0 aliphatic heterocycles. The van der Waals surface area contributed by atoms with Gasteiger partial charge in [-0.1, -0.05) is 37.6 Å². The first-order valence-electron chi connectivity index (χ1n) is 7.15. The van der Waals surface area contributed by atoms with Gasteiger partial charge >= 0.3 is 0 Å². The smallest absolute Gasteiger partial charge is 0.230 e. The minimum Gasteiger partial charge on any atom is -0.494 e. The molecule has 1 atom stereocenters. The van der Waals surface area contributed by atoms with E-state index >= 15 is 0 Å². The molecule has 2 N–H and O–H groups in total. The molecule has 1 heterocycles. The number of ether oxygens (including phenoxy) is 1. The van der Waals surface area contributed by atoms with E-state index < -0.39 is 0 Å². The van der Waals surface area contributed by atoms with Gasteiger partial charge in [-0.25, -0.2) is 0 Å². The van der Waals surface area contributed by atoms with Crippen LogP contribution in [0.3, 0.4) is 0 Å². The van der Waals surface area contributed by atoms with Crippen molar-refractivity contribution in [2.75, 3.05) is 12.3 Å². The molecule has 1 aromatic heterocycles. The molecular weight excluding hydrogens is 252 g/mol. The lowest BCUT2D eigenvalue weighted by Crippen LogP contribution is -1.97. The van der Waals surface area contributed by atoms with Crippen LogP contribution < -0.4 is 10.5 Å². The van der Waals surface area contributed by atoms with Gasteiger partial charge in [0.25, 0.3) is 0 Å². The van der Waals surface area contributed by atoms with Crippen LogP contribution in [0, 0.1) is 0 Å². The van der Waals surface area contributed by atoms with Crippen molar-refractivity contribution in [2.45, 2.75) is 39.5 Å². The van der Waals surface area contributed by atoms with Gasteiger partial charge in [-0.3, -0.25) is 0 Å². The van der Waals surface area contributed by atoms with Crippen molar-refractivity contribution in [3.63, 3.8) is 0 Å². The molecule has 0 fully saturated rings. The van der Waals surface area contributed by atoms with E-state index in [1.54, 1.807) is 0 Å². The zero-order valence-corrected chi connectivity index (χ0v) is 12.3. The molecule has 20 heavy (non-hydrogen) atoms. The van der Waals surface area contributed by atoms with Gasteiger partial charge in [0, 0.05) is 5.92 Å². The Bertz CT molecular complexity index is 546. The molecule has 0 aliphatic rings. The lowest BCUT2D eigenvalue weighted by Gasteiger charge is -2.10. The highest BCUT2D eigenvalue weighted by molar-refractivity contribution is 5.75. The number of anilines is 1. The summed E-state index contributed by atoms with van der Waals surface area (Å²) in [4.78, 5) is 0. The first-order valence-corrected chi connectivity index (χ1v) is 7.15. The van der Waals surface area contributed by atoms with Gasteiger partial charge in [-0.2, -0.15) is 0 Å². The van der Waals surface area contributed by atoms with E-state index in [0.717, 1.165) is 35.4 Å². The maximum Gasteiger partial charge on any atom is 0.230 e. The summed E-state index contributed by atoms with van der Waals surface area (Å²) in [6.45, 7) is 6.94. The Labute approximate surface area is 119 Å². The van der Waals surface area contributed by atoms with Crippen LogP contribution in [-0.2, 0) is 0 Å². The molecule has 0 saturated carbocycles. The zero-order chi connectivity index (χ0) is 14.5. The molecule has 1 unspecified atom stereocenters. The largest absolute Gasteiger partial charge is 0.494 e. The van der Waals surface area contributed by atoms with E-state index in [0.29, 0.717) is 18.4 Å². The van der Waals surface area contributed by atoms with Crippen molar-refractivity contribution in [2.24, 2.45) is 0 Å². The number of nitrogens with zero attached hydrogens (tertiary/aromatic N) is 1. The molecule has 0 amide bonds. The standard InChI is InChI=1S/C16H22N2O2/c1-4-6-11(3)15-14(16(17)20-18-15)12-7-9-13(10-8-12)19-5-2/h7-11H,4-6,17H2,1-3H3. The number of hydrogen-bond donors (Lipinski definition) is 1. The SMILES string of the molecule is CCCC(C)c1noc(N)c1-c1ccc(OCC)cc1.